The second-order valence-corrected chi connectivity index (χ2v) is 7.67. The summed E-state index contributed by atoms with van der Waals surface area (Å²) in [6.07, 6.45) is 3.52. The fraction of sp³-hybridized carbons (Fsp3) is 0.429. The van der Waals surface area contributed by atoms with Crippen LogP contribution >= 0.6 is 0 Å². The number of anilines is 2. The van der Waals surface area contributed by atoms with Crippen molar-refractivity contribution in [2.24, 2.45) is 0 Å². The van der Waals surface area contributed by atoms with Gasteiger partial charge < -0.3 is 10.2 Å². The summed E-state index contributed by atoms with van der Waals surface area (Å²) < 4.78 is 0. The highest BCUT2D eigenvalue weighted by Crippen LogP contribution is 2.41. The fourth-order valence-corrected chi connectivity index (χ4v) is 4.37. The van der Waals surface area contributed by atoms with Crippen molar-refractivity contribution in [2.75, 3.05) is 10.2 Å². The van der Waals surface area contributed by atoms with Crippen molar-refractivity contribution >= 4 is 11.4 Å². The Bertz CT molecular complexity index is 719. The quantitative estimate of drug-likeness (QED) is 0.825. The molecule has 0 amide bonds. The first-order valence-electron chi connectivity index (χ1n) is 8.78. The molecule has 2 aromatic rings. The minimum Gasteiger partial charge on any atom is -0.380 e. The number of rotatable bonds is 1. The van der Waals surface area contributed by atoms with Crippen LogP contribution in [0, 0.1) is 0 Å². The van der Waals surface area contributed by atoms with E-state index >= 15 is 0 Å². The minimum atomic E-state index is 0.196. The van der Waals surface area contributed by atoms with Gasteiger partial charge in [0.1, 0.15) is 0 Å². The van der Waals surface area contributed by atoms with Gasteiger partial charge in [0.25, 0.3) is 0 Å². The third-order valence-corrected chi connectivity index (χ3v) is 5.65. The molecule has 2 aliphatic rings. The van der Waals surface area contributed by atoms with Crippen molar-refractivity contribution < 1.29 is 0 Å². The summed E-state index contributed by atoms with van der Waals surface area (Å²) in [5, 5.41) is 3.73. The Morgan fingerprint density at radius 1 is 1.00 bits per heavy atom. The van der Waals surface area contributed by atoms with Crippen LogP contribution in [0.25, 0.3) is 0 Å². The summed E-state index contributed by atoms with van der Waals surface area (Å²) >= 11 is 0. The summed E-state index contributed by atoms with van der Waals surface area (Å²) in [7, 11) is 0. The molecular weight excluding hydrogens is 280 g/mol. The third kappa shape index (κ3) is 2.41. The molecule has 0 fully saturated rings. The average Bonchev–Trinajstić information content (AvgIpc) is 2.54. The van der Waals surface area contributed by atoms with Crippen molar-refractivity contribution in [1.82, 2.24) is 0 Å². The van der Waals surface area contributed by atoms with Crippen LogP contribution in [-0.4, -0.2) is 17.6 Å². The number of nitrogens with zero attached hydrogens (tertiary/aromatic N) is 1. The van der Waals surface area contributed by atoms with Crippen LogP contribution in [0.4, 0.5) is 11.4 Å². The summed E-state index contributed by atoms with van der Waals surface area (Å²) in [4.78, 5) is 2.69. The zero-order valence-corrected chi connectivity index (χ0v) is 14.3. The lowest BCUT2D eigenvalue weighted by molar-refractivity contribution is 0.346. The fourth-order valence-electron chi connectivity index (χ4n) is 4.37. The Morgan fingerprint density at radius 2 is 1.70 bits per heavy atom. The standard InChI is InChI=1S/C21H26N2/c1-15-20(14-17-9-4-6-10-18(17)22-15)23-19-11-7-5-8-16(19)12-13-21(23,2)3/h4-11,15,20,22H,12-14H2,1-3H3. The number of aryl methyl sites for hydroxylation is 1. The molecule has 0 bridgehead atoms. The van der Waals surface area contributed by atoms with Gasteiger partial charge >= 0.3 is 0 Å². The van der Waals surface area contributed by atoms with Crippen LogP contribution < -0.4 is 10.2 Å². The van der Waals surface area contributed by atoms with Crippen molar-refractivity contribution in [3.8, 4) is 0 Å². The number of benzene rings is 2. The molecule has 2 heterocycles. The van der Waals surface area contributed by atoms with Gasteiger partial charge in [-0.15, -0.1) is 0 Å². The molecule has 2 atom stereocenters. The smallest absolute Gasteiger partial charge is 0.0535 e. The SMILES string of the molecule is CC1Nc2ccccc2CC1N1c2ccccc2CCC1(C)C. The van der Waals surface area contributed by atoms with Crippen molar-refractivity contribution in [3.63, 3.8) is 0 Å². The minimum absolute atomic E-state index is 0.196. The van der Waals surface area contributed by atoms with Gasteiger partial charge in [0.15, 0.2) is 0 Å². The number of hydrogen-bond acceptors (Lipinski definition) is 2. The maximum absolute atomic E-state index is 3.73. The maximum atomic E-state index is 3.73. The molecular formula is C21H26N2. The first-order valence-corrected chi connectivity index (χ1v) is 8.78. The highest BCUT2D eigenvalue weighted by atomic mass is 15.3. The molecule has 23 heavy (non-hydrogen) atoms. The lowest BCUT2D eigenvalue weighted by Crippen LogP contribution is -2.59. The highest BCUT2D eigenvalue weighted by Gasteiger charge is 2.40. The van der Waals surface area contributed by atoms with E-state index in [-0.39, 0.29) is 5.54 Å². The van der Waals surface area contributed by atoms with E-state index in [1.54, 1.807) is 0 Å². The molecule has 4 rings (SSSR count). The normalized spacial score (nSPS) is 25.3. The van der Waals surface area contributed by atoms with E-state index in [9.17, 15) is 0 Å². The predicted molar refractivity (Wildman–Crippen MR) is 98.3 cm³/mol. The first kappa shape index (κ1) is 14.6. The van der Waals surface area contributed by atoms with Crippen LogP contribution in [0.15, 0.2) is 48.5 Å². The van der Waals surface area contributed by atoms with E-state index in [1.807, 2.05) is 0 Å². The van der Waals surface area contributed by atoms with Gasteiger partial charge in [-0.2, -0.15) is 0 Å². The van der Waals surface area contributed by atoms with Crippen LogP contribution in [-0.2, 0) is 12.8 Å². The van der Waals surface area contributed by atoms with Gasteiger partial charge in [0.2, 0.25) is 0 Å². The molecule has 0 aromatic heterocycles. The molecule has 0 saturated heterocycles. The lowest BCUT2D eigenvalue weighted by atomic mass is 9.82. The molecule has 0 saturated carbocycles. The topological polar surface area (TPSA) is 15.3 Å². The monoisotopic (exact) mass is 306 g/mol. The van der Waals surface area contributed by atoms with Gasteiger partial charge in [-0.1, -0.05) is 36.4 Å². The van der Waals surface area contributed by atoms with Crippen LogP contribution in [0.2, 0.25) is 0 Å². The Hall–Kier alpha value is -1.96. The van der Waals surface area contributed by atoms with Gasteiger partial charge in [0.05, 0.1) is 6.04 Å². The second kappa shape index (κ2) is 5.30. The molecule has 2 aliphatic heterocycles. The van der Waals surface area contributed by atoms with Gasteiger partial charge in [-0.05, 0) is 63.3 Å². The number of para-hydroxylation sites is 2. The molecule has 1 N–H and O–H groups in total. The van der Waals surface area contributed by atoms with Crippen LogP contribution in [0.3, 0.4) is 0 Å². The molecule has 2 nitrogen and oxygen atoms in total. The van der Waals surface area contributed by atoms with Gasteiger partial charge in [-0.25, -0.2) is 0 Å². The zero-order chi connectivity index (χ0) is 16.0. The van der Waals surface area contributed by atoms with Crippen LogP contribution in [0.1, 0.15) is 38.3 Å². The van der Waals surface area contributed by atoms with E-state index in [1.165, 1.54) is 35.3 Å². The predicted octanol–water partition coefficient (Wildman–Crippen LogP) is 4.64. The van der Waals surface area contributed by atoms with E-state index in [4.69, 9.17) is 0 Å². The average molecular weight is 306 g/mol. The Labute approximate surface area is 139 Å². The van der Waals surface area contributed by atoms with Gasteiger partial charge in [0, 0.05) is 23.0 Å². The number of fused-ring (bicyclic) bond motifs is 2. The van der Waals surface area contributed by atoms with Crippen molar-refractivity contribution in [1.29, 1.82) is 0 Å². The van der Waals surface area contributed by atoms with Crippen molar-refractivity contribution in [3.05, 3.63) is 59.7 Å². The Kier molecular flexibility index (Phi) is 3.37. The summed E-state index contributed by atoms with van der Waals surface area (Å²) in [5.74, 6) is 0. The highest BCUT2D eigenvalue weighted by molar-refractivity contribution is 5.62. The van der Waals surface area contributed by atoms with E-state index < -0.39 is 0 Å². The second-order valence-electron chi connectivity index (χ2n) is 7.67. The third-order valence-electron chi connectivity index (χ3n) is 5.65. The molecule has 0 radical (unpaired) electrons. The number of nitrogens with one attached hydrogen (secondary N) is 1. The Morgan fingerprint density at radius 3 is 2.52 bits per heavy atom. The van der Waals surface area contributed by atoms with E-state index in [0.717, 1.165) is 6.42 Å². The largest absolute Gasteiger partial charge is 0.380 e. The summed E-state index contributed by atoms with van der Waals surface area (Å²) in [5.41, 5.74) is 5.87. The lowest BCUT2D eigenvalue weighted by Gasteiger charge is -2.52. The molecule has 120 valence electrons. The maximum Gasteiger partial charge on any atom is 0.0535 e. The first-order chi connectivity index (χ1) is 11.1. The zero-order valence-electron chi connectivity index (χ0n) is 14.3. The summed E-state index contributed by atoms with van der Waals surface area (Å²) in [6.45, 7) is 7.13. The molecule has 0 aliphatic carbocycles. The van der Waals surface area contributed by atoms with E-state index in [2.05, 4.69) is 79.5 Å². The Balaban J connectivity index is 1.77. The molecule has 2 aromatic carbocycles. The molecule has 2 heteroatoms. The van der Waals surface area contributed by atoms with Gasteiger partial charge in [-0.3, -0.25) is 0 Å². The summed E-state index contributed by atoms with van der Waals surface area (Å²) in [6, 6.07) is 18.6. The molecule has 2 unspecified atom stereocenters. The van der Waals surface area contributed by atoms with E-state index in [0.29, 0.717) is 12.1 Å². The van der Waals surface area contributed by atoms with Crippen molar-refractivity contribution in [2.45, 2.75) is 57.7 Å². The molecule has 0 spiro atoms. The van der Waals surface area contributed by atoms with Crippen LogP contribution in [0.5, 0.6) is 0 Å². The number of hydrogen-bond donors (Lipinski definition) is 1.